The number of rotatable bonds is 5. The molecule has 1 amide bonds. The Kier molecular flexibility index (Phi) is 3.86. The normalized spacial score (nSPS) is 10.1. The fraction of sp³-hybridized carbons (Fsp3) is 0.571. The molecule has 1 heterocycles. The van der Waals surface area contributed by atoms with Gasteiger partial charge in [0.15, 0.2) is 0 Å². The first-order valence-electron chi connectivity index (χ1n) is 4.22. The molecule has 14 heavy (non-hydrogen) atoms. The van der Waals surface area contributed by atoms with Crippen LogP contribution in [-0.2, 0) is 0 Å². The van der Waals surface area contributed by atoms with E-state index in [9.17, 15) is 4.79 Å². The number of carbonyl (C=O) groups is 1. The summed E-state index contributed by atoms with van der Waals surface area (Å²) in [7, 11) is 0. The van der Waals surface area contributed by atoms with Gasteiger partial charge in [-0.15, -0.1) is 0 Å². The number of amides is 1. The van der Waals surface area contributed by atoms with Crippen LogP contribution in [0.5, 0.6) is 0 Å². The van der Waals surface area contributed by atoms with Gasteiger partial charge in [-0.3, -0.25) is 4.79 Å². The van der Waals surface area contributed by atoms with Gasteiger partial charge in [0.2, 0.25) is 11.5 Å². The lowest BCUT2D eigenvalue weighted by molar-refractivity contribution is 0.0943. The highest BCUT2D eigenvalue weighted by Crippen LogP contribution is 2.02. The van der Waals surface area contributed by atoms with Crippen LogP contribution < -0.4 is 11.1 Å². The molecule has 0 aliphatic rings. The number of anilines is 1. The number of nitrogens with zero attached hydrogens (tertiary/aromatic N) is 2. The Labute approximate surface area is 80.2 Å². The second-order valence-corrected chi connectivity index (χ2v) is 2.68. The van der Waals surface area contributed by atoms with Crippen molar-refractivity contribution in [3.8, 4) is 0 Å². The molecule has 7 nitrogen and oxygen atoms in total. The maximum absolute atomic E-state index is 11.3. The molecular formula is C7H12N4O3. The highest BCUT2D eigenvalue weighted by Gasteiger charge is 2.14. The minimum Gasteiger partial charge on any atom is -0.396 e. The summed E-state index contributed by atoms with van der Waals surface area (Å²) in [6.45, 7) is 0.579. The summed E-state index contributed by atoms with van der Waals surface area (Å²) in [6, 6.07) is 0. The second-order valence-electron chi connectivity index (χ2n) is 2.68. The molecule has 0 radical (unpaired) electrons. The number of hydrogen-bond donors (Lipinski definition) is 3. The van der Waals surface area contributed by atoms with Gasteiger partial charge in [0.05, 0.1) is 0 Å². The fourth-order valence-corrected chi connectivity index (χ4v) is 0.875. The van der Waals surface area contributed by atoms with Crippen molar-refractivity contribution < 1.29 is 14.5 Å². The number of nitrogens with one attached hydrogen (secondary N) is 1. The van der Waals surface area contributed by atoms with Crippen molar-refractivity contribution in [2.24, 2.45) is 0 Å². The molecular weight excluding hydrogens is 188 g/mol. The molecule has 0 aromatic carbocycles. The van der Waals surface area contributed by atoms with Crippen LogP contribution in [0.15, 0.2) is 4.63 Å². The number of unbranched alkanes of at least 4 members (excludes halogenated alkanes) is 1. The van der Waals surface area contributed by atoms with Crippen molar-refractivity contribution in [1.29, 1.82) is 0 Å². The summed E-state index contributed by atoms with van der Waals surface area (Å²) in [4.78, 5) is 11.3. The SMILES string of the molecule is Nc1nonc1C(=O)NCCCCO. The third-order valence-corrected chi connectivity index (χ3v) is 1.60. The van der Waals surface area contributed by atoms with E-state index in [1.165, 1.54) is 0 Å². The summed E-state index contributed by atoms with van der Waals surface area (Å²) >= 11 is 0. The number of carbonyl (C=O) groups excluding carboxylic acids is 1. The third-order valence-electron chi connectivity index (χ3n) is 1.60. The zero-order valence-electron chi connectivity index (χ0n) is 7.56. The molecule has 0 atom stereocenters. The summed E-state index contributed by atoms with van der Waals surface area (Å²) in [5, 5.41) is 17.7. The van der Waals surface area contributed by atoms with E-state index in [-0.39, 0.29) is 18.1 Å². The lowest BCUT2D eigenvalue weighted by Crippen LogP contribution is -2.25. The second kappa shape index (κ2) is 5.18. The van der Waals surface area contributed by atoms with Crippen molar-refractivity contribution in [3.05, 3.63) is 5.69 Å². The van der Waals surface area contributed by atoms with Crippen molar-refractivity contribution in [1.82, 2.24) is 15.6 Å². The molecule has 7 heteroatoms. The van der Waals surface area contributed by atoms with Crippen LogP contribution in [0, 0.1) is 0 Å². The van der Waals surface area contributed by atoms with E-state index in [0.29, 0.717) is 19.4 Å². The van der Waals surface area contributed by atoms with Crippen LogP contribution >= 0.6 is 0 Å². The lowest BCUT2D eigenvalue weighted by atomic mass is 10.3. The van der Waals surface area contributed by atoms with E-state index in [4.69, 9.17) is 10.8 Å². The minimum atomic E-state index is -0.415. The topological polar surface area (TPSA) is 114 Å². The minimum absolute atomic E-state index is 0.00556. The quantitative estimate of drug-likeness (QED) is 0.533. The molecule has 0 spiro atoms. The summed E-state index contributed by atoms with van der Waals surface area (Å²) in [5.41, 5.74) is 5.30. The number of aliphatic hydroxyl groups is 1. The van der Waals surface area contributed by atoms with Gasteiger partial charge in [0.25, 0.3) is 5.91 Å². The number of aromatic nitrogens is 2. The smallest absolute Gasteiger partial charge is 0.277 e. The zero-order chi connectivity index (χ0) is 10.4. The highest BCUT2D eigenvalue weighted by atomic mass is 16.6. The highest BCUT2D eigenvalue weighted by molar-refractivity contribution is 5.95. The van der Waals surface area contributed by atoms with E-state index in [2.05, 4.69) is 20.3 Å². The van der Waals surface area contributed by atoms with Gasteiger partial charge < -0.3 is 16.2 Å². The molecule has 4 N–H and O–H groups in total. The van der Waals surface area contributed by atoms with Crippen LogP contribution in [0.3, 0.4) is 0 Å². The number of aliphatic hydroxyl groups excluding tert-OH is 1. The van der Waals surface area contributed by atoms with Crippen molar-refractivity contribution in [3.63, 3.8) is 0 Å². The Morgan fingerprint density at radius 3 is 2.86 bits per heavy atom. The Morgan fingerprint density at radius 2 is 2.29 bits per heavy atom. The Morgan fingerprint density at radius 1 is 1.50 bits per heavy atom. The molecule has 0 aliphatic carbocycles. The van der Waals surface area contributed by atoms with Crippen LogP contribution in [0.4, 0.5) is 5.82 Å². The zero-order valence-corrected chi connectivity index (χ0v) is 7.56. The first-order valence-corrected chi connectivity index (χ1v) is 4.22. The molecule has 0 saturated carbocycles. The maximum atomic E-state index is 11.3. The van der Waals surface area contributed by atoms with Crippen LogP contribution in [0.25, 0.3) is 0 Å². The molecule has 0 aliphatic heterocycles. The molecule has 0 saturated heterocycles. The largest absolute Gasteiger partial charge is 0.396 e. The monoisotopic (exact) mass is 200 g/mol. The Bertz CT molecular complexity index is 299. The number of nitrogens with two attached hydrogens (primary N) is 1. The molecule has 1 aromatic rings. The molecule has 1 aromatic heterocycles. The van der Waals surface area contributed by atoms with Gasteiger partial charge in [-0.2, -0.15) is 0 Å². The first kappa shape index (κ1) is 10.5. The maximum Gasteiger partial charge on any atom is 0.277 e. The van der Waals surface area contributed by atoms with E-state index in [0.717, 1.165) is 0 Å². The predicted octanol–water partition coefficient (Wildman–Crippen LogP) is -0.846. The van der Waals surface area contributed by atoms with Gasteiger partial charge >= 0.3 is 0 Å². The molecule has 0 bridgehead atoms. The van der Waals surface area contributed by atoms with Crippen molar-refractivity contribution in [2.45, 2.75) is 12.8 Å². The van der Waals surface area contributed by atoms with Gasteiger partial charge in [0, 0.05) is 13.2 Å². The average molecular weight is 200 g/mol. The molecule has 0 unspecified atom stereocenters. The lowest BCUT2D eigenvalue weighted by Gasteiger charge is -2.00. The standard InChI is InChI=1S/C7H12N4O3/c8-6-5(10-14-11-6)7(13)9-3-1-2-4-12/h12H,1-4H2,(H2,8,11)(H,9,13). The van der Waals surface area contributed by atoms with E-state index < -0.39 is 5.91 Å². The summed E-state index contributed by atoms with van der Waals surface area (Å²) in [5.74, 6) is -0.439. The number of nitrogen functional groups attached to an aromatic ring is 1. The first-order chi connectivity index (χ1) is 6.75. The Hall–Kier alpha value is -1.63. The molecule has 0 fully saturated rings. The summed E-state index contributed by atoms with van der Waals surface area (Å²) in [6.07, 6.45) is 1.35. The van der Waals surface area contributed by atoms with Crippen molar-refractivity contribution >= 4 is 11.7 Å². The number of hydrogen-bond acceptors (Lipinski definition) is 6. The van der Waals surface area contributed by atoms with Crippen LogP contribution in [-0.4, -0.2) is 34.5 Å². The van der Waals surface area contributed by atoms with Gasteiger partial charge in [-0.25, -0.2) is 4.63 Å². The van der Waals surface area contributed by atoms with E-state index >= 15 is 0 Å². The van der Waals surface area contributed by atoms with Crippen molar-refractivity contribution in [2.75, 3.05) is 18.9 Å². The van der Waals surface area contributed by atoms with E-state index in [1.54, 1.807) is 0 Å². The molecule has 1 rings (SSSR count). The van der Waals surface area contributed by atoms with Gasteiger partial charge in [-0.05, 0) is 23.2 Å². The van der Waals surface area contributed by atoms with Crippen LogP contribution in [0.2, 0.25) is 0 Å². The van der Waals surface area contributed by atoms with Gasteiger partial charge in [0.1, 0.15) is 0 Å². The van der Waals surface area contributed by atoms with Gasteiger partial charge in [-0.1, -0.05) is 0 Å². The fourth-order valence-electron chi connectivity index (χ4n) is 0.875. The molecule has 78 valence electrons. The van der Waals surface area contributed by atoms with E-state index in [1.807, 2.05) is 0 Å². The Balaban J connectivity index is 2.32. The predicted molar refractivity (Wildman–Crippen MR) is 47.4 cm³/mol. The summed E-state index contributed by atoms with van der Waals surface area (Å²) < 4.78 is 4.27. The average Bonchev–Trinajstić information content (AvgIpc) is 2.59. The van der Waals surface area contributed by atoms with Crippen LogP contribution in [0.1, 0.15) is 23.3 Å². The third kappa shape index (κ3) is 2.70.